The molecule has 4 N–H and O–H groups in total. The molecule has 2 aromatic rings. The van der Waals surface area contributed by atoms with Crippen LogP contribution in [0.2, 0.25) is 0 Å². The van der Waals surface area contributed by atoms with Crippen LogP contribution in [-0.4, -0.2) is 76.1 Å². The summed E-state index contributed by atoms with van der Waals surface area (Å²) < 4.78 is 6.08. The van der Waals surface area contributed by atoms with Gasteiger partial charge in [-0.25, -0.2) is 4.79 Å². The third-order valence-corrected chi connectivity index (χ3v) is 4.31. The van der Waals surface area contributed by atoms with Gasteiger partial charge in [0, 0.05) is 6.54 Å². The largest absolute Gasteiger partial charge is 0.481 e. The Hall–Kier alpha value is -2.98. The van der Waals surface area contributed by atoms with Crippen LogP contribution in [0.1, 0.15) is 30.1 Å². The van der Waals surface area contributed by atoms with Crippen molar-refractivity contribution in [3.63, 3.8) is 0 Å². The summed E-state index contributed by atoms with van der Waals surface area (Å²) in [7, 11) is 4.12. The molecule has 0 heterocycles. The van der Waals surface area contributed by atoms with Gasteiger partial charge < -0.3 is 30.1 Å². The standard InChI is InChI=1S/C17H21NO.C6H8O7.ClH/c1-18(2)13-14-19-17(15-9-5-3-6-10-15)16-11-7-4-8-12-16;7-3(8)1-6(13,5(11)12)2-4(9)10;/h3-12,17H,13-14H2,1-2H3;13H,1-2H2,(H,7,8)(H,9,10)(H,11,12);1H. The molecule has 0 aliphatic rings. The number of halogens is 1. The van der Waals surface area contributed by atoms with Crippen LogP contribution in [0.4, 0.5) is 0 Å². The molecule has 0 aliphatic carbocycles. The lowest BCUT2D eigenvalue weighted by Gasteiger charge is -2.20. The Morgan fingerprint density at radius 1 is 0.848 bits per heavy atom. The molecule has 0 unspecified atom stereocenters. The molecule has 2 rings (SSSR count). The summed E-state index contributed by atoms with van der Waals surface area (Å²) in [5.74, 6) is -5.02. The molecule has 2 aromatic carbocycles. The predicted molar refractivity (Wildman–Crippen MR) is 124 cm³/mol. The summed E-state index contributed by atoms with van der Waals surface area (Å²) in [6.07, 6.45) is -2.27. The Bertz CT molecular complexity index is 806. The maximum absolute atomic E-state index is 10.3. The van der Waals surface area contributed by atoms with Crippen molar-refractivity contribution in [2.24, 2.45) is 0 Å². The number of ether oxygens (including phenoxy) is 1. The van der Waals surface area contributed by atoms with E-state index in [4.69, 9.17) is 25.2 Å². The number of hydrogen-bond acceptors (Lipinski definition) is 6. The third-order valence-electron chi connectivity index (χ3n) is 4.31. The van der Waals surface area contributed by atoms with Crippen molar-refractivity contribution in [3.8, 4) is 0 Å². The van der Waals surface area contributed by atoms with Crippen molar-refractivity contribution in [1.29, 1.82) is 0 Å². The van der Waals surface area contributed by atoms with Crippen LogP contribution in [0.5, 0.6) is 0 Å². The van der Waals surface area contributed by atoms with Crippen molar-refractivity contribution < 1.29 is 39.5 Å². The summed E-state index contributed by atoms with van der Waals surface area (Å²) in [6, 6.07) is 20.8. The van der Waals surface area contributed by atoms with E-state index >= 15 is 0 Å². The van der Waals surface area contributed by atoms with Gasteiger partial charge in [0.25, 0.3) is 0 Å². The van der Waals surface area contributed by atoms with Gasteiger partial charge in [-0.15, -0.1) is 12.4 Å². The smallest absolute Gasteiger partial charge is 0.336 e. The van der Waals surface area contributed by atoms with Crippen molar-refractivity contribution in [3.05, 3.63) is 71.8 Å². The minimum absolute atomic E-state index is 0. The Morgan fingerprint density at radius 3 is 1.55 bits per heavy atom. The predicted octanol–water partition coefficient (Wildman–Crippen LogP) is 2.53. The van der Waals surface area contributed by atoms with E-state index in [0.717, 1.165) is 13.2 Å². The molecule has 9 nitrogen and oxygen atoms in total. The van der Waals surface area contributed by atoms with Gasteiger partial charge in [-0.1, -0.05) is 60.7 Å². The summed E-state index contributed by atoms with van der Waals surface area (Å²) in [5.41, 5.74) is -0.336. The van der Waals surface area contributed by atoms with Crippen molar-refractivity contribution in [2.75, 3.05) is 27.2 Å². The van der Waals surface area contributed by atoms with E-state index in [1.165, 1.54) is 11.1 Å². The van der Waals surface area contributed by atoms with E-state index in [0.29, 0.717) is 0 Å². The van der Waals surface area contributed by atoms with Crippen molar-refractivity contribution in [1.82, 2.24) is 4.90 Å². The van der Waals surface area contributed by atoms with Crippen LogP contribution < -0.4 is 0 Å². The number of nitrogens with zero attached hydrogens (tertiary/aromatic N) is 1. The number of hydrogen-bond donors (Lipinski definition) is 4. The monoisotopic (exact) mass is 483 g/mol. The highest BCUT2D eigenvalue weighted by Crippen LogP contribution is 2.25. The zero-order chi connectivity index (χ0) is 24.1. The third kappa shape index (κ3) is 11.4. The van der Waals surface area contributed by atoms with E-state index in [1.807, 2.05) is 12.1 Å². The highest BCUT2D eigenvalue weighted by atomic mass is 35.5. The first-order valence-electron chi connectivity index (χ1n) is 9.80. The van der Waals surface area contributed by atoms with E-state index in [1.54, 1.807) is 0 Å². The van der Waals surface area contributed by atoms with Gasteiger partial charge in [0.1, 0.15) is 6.10 Å². The molecule has 0 saturated heterocycles. The van der Waals surface area contributed by atoms with Crippen molar-refractivity contribution >= 4 is 30.3 Å². The molecule has 0 saturated carbocycles. The summed E-state index contributed by atoms with van der Waals surface area (Å²) in [5, 5.41) is 33.8. The summed E-state index contributed by atoms with van der Waals surface area (Å²) in [4.78, 5) is 32.6. The van der Waals surface area contributed by atoms with Crippen LogP contribution in [-0.2, 0) is 19.1 Å². The number of aliphatic carboxylic acids is 3. The summed E-state index contributed by atoms with van der Waals surface area (Å²) >= 11 is 0. The topological polar surface area (TPSA) is 145 Å². The zero-order valence-corrected chi connectivity index (χ0v) is 19.3. The zero-order valence-electron chi connectivity index (χ0n) is 18.5. The van der Waals surface area contributed by atoms with Gasteiger partial charge >= 0.3 is 17.9 Å². The fourth-order valence-corrected chi connectivity index (χ4v) is 2.71. The second-order valence-electron chi connectivity index (χ2n) is 7.35. The average Bonchev–Trinajstić information content (AvgIpc) is 2.71. The number of carboxylic acids is 3. The van der Waals surface area contributed by atoms with Crippen molar-refractivity contribution in [2.45, 2.75) is 24.5 Å². The Balaban J connectivity index is 0.000000649. The van der Waals surface area contributed by atoms with E-state index in [2.05, 4.69) is 67.5 Å². The Labute approximate surface area is 198 Å². The second-order valence-corrected chi connectivity index (χ2v) is 7.35. The van der Waals surface area contributed by atoms with E-state index in [-0.39, 0.29) is 18.5 Å². The van der Waals surface area contributed by atoms with Gasteiger partial charge in [-0.05, 0) is 25.2 Å². The van der Waals surface area contributed by atoms with Crippen LogP contribution in [0.3, 0.4) is 0 Å². The first kappa shape index (κ1) is 30.0. The molecule has 33 heavy (non-hydrogen) atoms. The van der Waals surface area contributed by atoms with Crippen LogP contribution in [0.25, 0.3) is 0 Å². The molecule has 0 fully saturated rings. The molecule has 0 spiro atoms. The number of rotatable bonds is 11. The Morgan fingerprint density at radius 2 is 1.24 bits per heavy atom. The minimum atomic E-state index is -2.74. The number of likely N-dealkylation sites (N-methyl/N-ethyl adjacent to an activating group) is 1. The van der Waals surface area contributed by atoms with Crippen LogP contribution in [0.15, 0.2) is 60.7 Å². The Kier molecular flexibility index (Phi) is 13.6. The number of carbonyl (C=O) groups is 3. The normalized spacial score (nSPS) is 10.7. The summed E-state index contributed by atoms with van der Waals surface area (Å²) in [6.45, 7) is 1.65. The van der Waals surface area contributed by atoms with Crippen LogP contribution in [0, 0.1) is 0 Å². The molecule has 0 amide bonds. The molecule has 0 aliphatic heterocycles. The number of benzene rings is 2. The van der Waals surface area contributed by atoms with Gasteiger partial charge in [0.05, 0.1) is 19.4 Å². The minimum Gasteiger partial charge on any atom is -0.481 e. The number of aliphatic hydroxyl groups is 1. The molecule has 0 atom stereocenters. The van der Waals surface area contributed by atoms with Gasteiger partial charge in [0.15, 0.2) is 5.60 Å². The maximum atomic E-state index is 10.3. The maximum Gasteiger partial charge on any atom is 0.336 e. The molecular formula is C23H30ClNO8. The highest BCUT2D eigenvalue weighted by molar-refractivity contribution is 5.88. The van der Waals surface area contributed by atoms with E-state index in [9.17, 15) is 14.4 Å². The highest BCUT2D eigenvalue weighted by Gasteiger charge is 2.40. The fourth-order valence-electron chi connectivity index (χ4n) is 2.71. The second kappa shape index (κ2) is 15.0. The molecule has 0 aromatic heterocycles. The van der Waals surface area contributed by atoms with Gasteiger partial charge in [-0.3, -0.25) is 9.59 Å². The lowest BCUT2D eigenvalue weighted by atomic mass is 9.96. The molecule has 10 heteroatoms. The van der Waals surface area contributed by atoms with Gasteiger partial charge in [-0.2, -0.15) is 0 Å². The lowest BCUT2D eigenvalue weighted by Crippen LogP contribution is -2.42. The lowest BCUT2D eigenvalue weighted by molar-refractivity contribution is -0.170. The average molecular weight is 484 g/mol. The van der Waals surface area contributed by atoms with Gasteiger partial charge in [0.2, 0.25) is 0 Å². The quantitative estimate of drug-likeness (QED) is 0.378. The van der Waals surface area contributed by atoms with E-state index < -0.39 is 36.4 Å². The first-order valence-corrected chi connectivity index (χ1v) is 9.80. The van der Waals surface area contributed by atoms with Crippen LogP contribution >= 0.6 is 12.4 Å². The SMILES string of the molecule is CN(C)CCOC(c1ccccc1)c1ccccc1.Cl.O=C(O)CC(O)(CC(=O)O)C(=O)O. The molecular weight excluding hydrogens is 454 g/mol. The number of carboxylic acid groups (broad SMARTS) is 3. The molecule has 0 bridgehead atoms. The molecule has 182 valence electrons. The first-order chi connectivity index (χ1) is 15.0. The molecule has 0 radical (unpaired) electrons. The fraction of sp³-hybridized carbons (Fsp3) is 0.348.